The molecule has 5 aromatic heterocycles. The van der Waals surface area contributed by atoms with Gasteiger partial charge in [0, 0.05) is 69.1 Å². The fourth-order valence-electron chi connectivity index (χ4n) is 5.12. The molecule has 11 nitrogen and oxygen atoms in total. The number of aromatic nitrogens is 8. The molecule has 2 aromatic carbocycles. The number of nitrogens with zero attached hydrogens (tertiary/aromatic N) is 9. The van der Waals surface area contributed by atoms with Crippen LogP contribution in [-0.2, 0) is 20.6 Å². The molecular formula is C37H32BrN9O2. The molecule has 49 heavy (non-hydrogen) atoms. The summed E-state index contributed by atoms with van der Waals surface area (Å²) in [7, 11) is 3.75. The number of halogens is 1. The molecule has 8 rings (SSSR count). The number of rotatable bonds is 5. The van der Waals surface area contributed by atoms with Crippen LogP contribution >= 0.6 is 15.9 Å². The Morgan fingerprint density at radius 1 is 0.735 bits per heavy atom. The van der Waals surface area contributed by atoms with E-state index in [0.717, 1.165) is 50.4 Å². The molecule has 7 aromatic rings. The van der Waals surface area contributed by atoms with Crippen LogP contribution in [0, 0.1) is 0 Å². The number of carbonyl (C=O) groups excluding carboxylic acids is 2. The van der Waals surface area contributed by atoms with Gasteiger partial charge in [0.1, 0.15) is 16.0 Å². The van der Waals surface area contributed by atoms with E-state index in [2.05, 4.69) is 52.3 Å². The summed E-state index contributed by atoms with van der Waals surface area (Å²) in [6.07, 6.45) is 7.46. The fourth-order valence-corrected chi connectivity index (χ4v) is 5.48. The summed E-state index contributed by atoms with van der Waals surface area (Å²) in [4.78, 5) is 35.9. The molecule has 1 aliphatic heterocycles. The largest absolute Gasteiger partial charge is 0.293 e. The zero-order valence-electron chi connectivity index (χ0n) is 27.3. The zero-order valence-corrected chi connectivity index (χ0v) is 28.9. The van der Waals surface area contributed by atoms with Gasteiger partial charge >= 0.3 is 0 Å². The van der Waals surface area contributed by atoms with Crippen molar-refractivity contribution in [1.82, 2.24) is 39.3 Å². The first-order valence-electron chi connectivity index (χ1n) is 15.4. The molecule has 244 valence electrons. The van der Waals surface area contributed by atoms with Crippen molar-refractivity contribution in [1.29, 1.82) is 0 Å². The minimum absolute atomic E-state index is 0.0126. The molecule has 0 amide bonds. The zero-order chi connectivity index (χ0) is 34.5. The minimum atomic E-state index is -0.0449. The Labute approximate surface area is 291 Å². The van der Waals surface area contributed by atoms with Crippen molar-refractivity contribution in [2.45, 2.75) is 20.4 Å². The number of hydrogen-bond acceptors (Lipinski definition) is 8. The number of benzene rings is 2. The van der Waals surface area contributed by atoms with Gasteiger partial charge in [0.15, 0.2) is 17.4 Å². The number of aryl methyl sites for hydroxylation is 2. The van der Waals surface area contributed by atoms with Crippen molar-refractivity contribution >= 4 is 44.6 Å². The highest BCUT2D eigenvalue weighted by atomic mass is 79.9. The predicted molar refractivity (Wildman–Crippen MR) is 193 cm³/mol. The molecule has 0 saturated carbocycles. The molecule has 0 radical (unpaired) electrons. The maximum atomic E-state index is 11.6. The summed E-state index contributed by atoms with van der Waals surface area (Å²) >= 11 is 3.20. The highest BCUT2D eigenvalue weighted by Crippen LogP contribution is 2.26. The van der Waals surface area contributed by atoms with Crippen molar-refractivity contribution in [3.63, 3.8) is 0 Å². The average molecular weight is 715 g/mol. The van der Waals surface area contributed by atoms with Crippen LogP contribution in [0.25, 0.3) is 39.2 Å². The molecule has 0 aliphatic carbocycles. The van der Waals surface area contributed by atoms with Gasteiger partial charge in [-0.05, 0) is 69.5 Å². The lowest BCUT2D eigenvalue weighted by molar-refractivity contribution is 0.100. The molecule has 0 spiro atoms. The molecule has 0 atom stereocenters. The lowest BCUT2D eigenvalue weighted by Crippen LogP contribution is -1.99. The Morgan fingerprint density at radius 3 is 1.94 bits per heavy atom. The average Bonchev–Trinajstić information content (AvgIpc) is 3.92. The molecule has 0 unspecified atom stereocenters. The van der Waals surface area contributed by atoms with Gasteiger partial charge in [-0.25, -0.2) is 14.6 Å². The Balaban J connectivity index is 0.000000146. The molecule has 0 bridgehead atoms. The van der Waals surface area contributed by atoms with E-state index in [1.54, 1.807) is 26.2 Å². The quantitative estimate of drug-likeness (QED) is 0.174. The van der Waals surface area contributed by atoms with Crippen LogP contribution in [0.5, 0.6) is 0 Å². The van der Waals surface area contributed by atoms with Crippen molar-refractivity contribution in [3.05, 3.63) is 131 Å². The molecule has 0 N–H and O–H groups in total. The smallest absolute Gasteiger partial charge is 0.178 e. The summed E-state index contributed by atoms with van der Waals surface area (Å²) in [6, 6.07) is 26.9. The van der Waals surface area contributed by atoms with Crippen LogP contribution < -0.4 is 0 Å². The number of aliphatic imine (C=N–C) groups is 1. The maximum Gasteiger partial charge on any atom is 0.178 e. The van der Waals surface area contributed by atoms with E-state index in [0.29, 0.717) is 11.4 Å². The third kappa shape index (κ3) is 7.82. The summed E-state index contributed by atoms with van der Waals surface area (Å²) in [5.41, 5.74) is 7.85. The molecule has 0 saturated heterocycles. The highest BCUT2D eigenvalue weighted by Gasteiger charge is 2.12. The Bertz CT molecular complexity index is 2320. The molecule has 12 heteroatoms. The lowest BCUT2D eigenvalue weighted by Gasteiger charge is -2.05. The Kier molecular flexibility index (Phi) is 9.77. The van der Waals surface area contributed by atoms with Crippen LogP contribution in [0.3, 0.4) is 0 Å². The highest BCUT2D eigenvalue weighted by molar-refractivity contribution is 9.10. The van der Waals surface area contributed by atoms with Crippen molar-refractivity contribution < 1.29 is 9.59 Å². The molecule has 0 fully saturated rings. The van der Waals surface area contributed by atoms with E-state index < -0.39 is 0 Å². The van der Waals surface area contributed by atoms with Gasteiger partial charge in [0.2, 0.25) is 0 Å². The normalized spacial score (nSPS) is 11.4. The molecule has 1 aliphatic rings. The van der Waals surface area contributed by atoms with Gasteiger partial charge in [-0.3, -0.25) is 23.9 Å². The van der Waals surface area contributed by atoms with Gasteiger partial charge in [-0.1, -0.05) is 36.4 Å². The number of ketones is 2. The van der Waals surface area contributed by atoms with E-state index in [4.69, 9.17) is 0 Å². The van der Waals surface area contributed by atoms with Gasteiger partial charge in [-0.15, -0.1) is 0 Å². The van der Waals surface area contributed by atoms with E-state index >= 15 is 0 Å². The lowest BCUT2D eigenvalue weighted by atomic mass is 10.0. The van der Waals surface area contributed by atoms with Crippen LogP contribution in [0.1, 0.15) is 46.0 Å². The van der Waals surface area contributed by atoms with Gasteiger partial charge in [-0.2, -0.15) is 15.3 Å². The van der Waals surface area contributed by atoms with E-state index in [-0.39, 0.29) is 11.6 Å². The van der Waals surface area contributed by atoms with Crippen molar-refractivity contribution in [2.24, 2.45) is 19.1 Å². The Hall–Kier alpha value is -5.88. The van der Waals surface area contributed by atoms with E-state index in [9.17, 15) is 9.59 Å². The van der Waals surface area contributed by atoms with Crippen molar-refractivity contribution in [3.8, 4) is 28.3 Å². The Morgan fingerprint density at radius 2 is 1.37 bits per heavy atom. The first-order valence-corrected chi connectivity index (χ1v) is 16.2. The standard InChI is InChI=1S/C18H15N5O.C15H12N2O.C4H5BrN2/c1-12(24)15-4-3-5-16(20-15)13-6-7-14-11-19-23(17(14)10-13)18-8-9-22(2)21-18;1-10(18)14-3-2-4-15(17-14)11-5-6-12-8-16-9-13(12)7-11;1-7-3-2-4(5)6-7/h3-11H,1-2H3;2-8H,9H2,1H3;2-3H,1H3. The van der Waals surface area contributed by atoms with Crippen LogP contribution in [-0.4, -0.2) is 57.1 Å². The second-order valence-corrected chi connectivity index (χ2v) is 12.1. The number of fused-ring (bicyclic) bond motifs is 2. The summed E-state index contributed by atoms with van der Waals surface area (Å²) in [6.45, 7) is 3.78. The third-order valence-electron chi connectivity index (χ3n) is 7.61. The van der Waals surface area contributed by atoms with Gasteiger partial charge in [0.25, 0.3) is 0 Å². The summed E-state index contributed by atoms with van der Waals surface area (Å²) in [5.74, 6) is 0.702. The first kappa shape index (κ1) is 33.0. The van der Waals surface area contributed by atoms with Gasteiger partial charge < -0.3 is 0 Å². The third-order valence-corrected chi connectivity index (χ3v) is 8.04. The van der Waals surface area contributed by atoms with E-state index in [1.165, 1.54) is 25.0 Å². The second kappa shape index (κ2) is 14.5. The molecular weight excluding hydrogens is 682 g/mol. The maximum absolute atomic E-state index is 11.6. The van der Waals surface area contributed by atoms with Crippen LogP contribution in [0.4, 0.5) is 0 Å². The van der Waals surface area contributed by atoms with Crippen LogP contribution in [0.2, 0.25) is 0 Å². The number of Topliss-reactive ketones (excluding diaryl/α,β-unsaturated/α-hetero) is 2. The summed E-state index contributed by atoms with van der Waals surface area (Å²) < 4.78 is 6.16. The van der Waals surface area contributed by atoms with Gasteiger partial charge in [0.05, 0.1) is 29.6 Å². The van der Waals surface area contributed by atoms with E-state index in [1.807, 2.05) is 106 Å². The first-order chi connectivity index (χ1) is 23.6. The fraction of sp³-hybridized carbons (Fsp3) is 0.135. The SMILES string of the molecule is CC(=O)c1cccc(-c2ccc3c(c2)CN=C3)n1.CC(=O)c1cccc(-c2ccc3cnn(-c4ccn(C)n4)c3c2)n1.Cn1ccc(Br)n1. The predicted octanol–water partition coefficient (Wildman–Crippen LogP) is 7.09. The number of carbonyl (C=O) groups is 2. The second-order valence-electron chi connectivity index (χ2n) is 11.3. The molecule has 6 heterocycles. The minimum Gasteiger partial charge on any atom is -0.293 e. The topological polar surface area (TPSA) is 126 Å². The summed E-state index contributed by atoms with van der Waals surface area (Å²) in [5, 5.41) is 13.8. The number of pyridine rings is 2. The monoisotopic (exact) mass is 713 g/mol. The number of hydrogen-bond donors (Lipinski definition) is 0. The van der Waals surface area contributed by atoms with Crippen molar-refractivity contribution in [2.75, 3.05) is 0 Å². The van der Waals surface area contributed by atoms with Crippen LogP contribution in [0.15, 0.2) is 113 Å².